The topological polar surface area (TPSA) is 53.3 Å². The van der Waals surface area contributed by atoms with Gasteiger partial charge < -0.3 is 9.64 Å². The number of amides is 1. The van der Waals surface area contributed by atoms with Gasteiger partial charge in [0.1, 0.15) is 18.3 Å². The third-order valence-corrected chi connectivity index (χ3v) is 4.12. The number of nitriles is 1. The second kappa shape index (κ2) is 7.01. The zero-order valence-electron chi connectivity index (χ0n) is 13.3. The highest BCUT2D eigenvalue weighted by Crippen LogP contribution is 2.34. The number of rotatable bonds is 5. The van der Waals surface area contributed by atoms with E-state index in [0.29, 0.717) is 25.3 Å². The van der Waals surface area contributed by atoms with Crippen LogP contribution < -0.4 is 4.74 Å². The molecule has 24 heavy (non-hydrogen) atoms. The van der Waals surface area contributed by atoms with Crippen molar-refractivity contribution in [2.45, 2.75) is 12.5 Å². The number of ether oxygens (including phenoxy) is 1. The van der Waals surface area contributed by atoms with E-state index in [4.69, 9.17) is 10.00 Å². The lowest BCUT2D eigenvalue weighted by Gasteiger charge is -2.24. The molecule has 0 saturated heterocycles. The minimum atomic E-state index is -0.278. The molecule has 1 atom stereocenters. The first-order valence-electron chi connectivity index (χ1n) is 7.83. The molecule has 0 N–H and O–H groups in total. The second-order valence-electron chi connectivity index (χ2n) is 5.72. The van der Waals surface area contributed by atoms with Gasteiger partial charge in [-0.05, 0) is 23.8 Å². The highest BCUT2D eigenvalue weighted by atomic mass is 16.5. The van der Waals surface area contributed by atoms with Gasteiger partial charge in [-0.3, -0.25) is 4.79 Å². The summed E-state index contributed by atoms with van der Waals surface area (Å²) in [4.78, 5) is 14.7. The molecule has 0 fully saturated rings. The number of nitrogens with zero attached hydrogens (tertiary/aromatic N) is 2. The van der Waals surface area contributed by atoms with Crippen LogP contribution >= 0.6 is 0 Å². The van der Waals surface area contributed by atoms with E-state index < -0.39 is 0 Å². The lowest BCUT2D eigenvalue weighted by atomic mass is 9.99. The van der Waals surface area contributed by atoms with Crippen molar-refractivity contribution < 1.29 is 9.53 Å². The maximum Gasteiger partial charge on any atom is 0.234 e. The molecule has 3 rings (SSSR count). The number of carbonyl (C=O) groups excluding carboxylic acids is 1. The third kappa shape index (κ3) is 3.16. The van der Waals surface area contributed by atoms with Gasteiger partial charge in [0.2, 0.25) is 5.91 Å². The van der Waals surface area contributed by atoms with Crippen LogP contribution in [0.25, 0.3) is 0 Å². The van der Waals surface area contributed by atoms with E-state index in [1.807, 2.05) is 36.4 Å². The van der Waals surface area contributed by atoms with Gasteiger partial charge in [-0.1, -0.05) is 36.4 Å². The minimum Gasteiger partial charge on any atom is -0.492 e. The average molecular weight is 318 g/mol. The molecule has 0 aliphatic carbocycles. The molecule has 0 aromatic heterocycles. The lowest BCUT2D eigenvalue weighted by molar-refractivity contribution is -0.133. The third-order valence-electron chi connectivity index (χ3n) is 4.12. The molecular weight excluding hydrogens is 300 g/mol. The second-order valence-corrected chi connectivity index (χ2v) is 5.72. The molecule has 0 bridgehead atoms. The fourth-order valence-corrected chi connectivity index (χ4v) is 2.88. The van der Waals surface area contributed by atoms with Crippen LogP contribution in [0.4, 0.5) is 0 Å². The molecular formula is C20H18N2O2. The Morgan fingerprint density at radius 1 is 1.29 bits per heavy atom. The molecule has 2 aromatic rings. The van der Waals surface area contributed by atoms with Gasteiger partial charge >= 0.3 is 0 Å². The molecule has 0 unspecified atom stereocenters. The van der Waals surface area contributed by atoms with E-state index in [9.17, 15) is 4.79 Å². The van der Waals surface area contributed by atoms with Crippen LogP contribution in [0, 0.1) is 11.3 Å². The lowest BCUT2D eigenvalue weighted by Crippen LogP contribution is -2.35. The summed E-state index contributed by atoms with van der Waals surface area (Å²) in [6.07, 6.45) is 1.73. The fourth-order valence-electron chi connectivity index (χ4n) is 2.88. The minimum absolute atomic E-state index is 0.0317. The summed E-state index contributed by atoms with van der Waals surface area (Å²) in [5.74, 6) is 0.538. The predicted octanol–water partition coefficient (Wildman–Crippen LogP) is 3.25. The van der Waals surface area contributed by atoms with Crippen molar-refractivity contribution in [2.24, 2.45) is 0 Å². The van der Waals surface area contributed by atoms with Crippen LogP contribution in [0.15, 0.2) is 61.2 Å². The molecule has 4 heteroatoms. The Bertz CT molecular complexity index is 790. The first kappa shape index (κ1) is 15.8. The molecule has 0 spiro atoms. The standard InChI is InChI=1S/C20H18N2O2/c1-2-11-22(13-16-9-7-15(12-21)8-10-16)20(23)18-14-24-19-6-4-3-5-17(18)19/h2-10,18H,1,11,13-14H2/t18-/m0/s1. The molecule has 1 heterocycles. The number of carbonyl (C=O) groups is 1. The monoisotopic (exact) mass is 318 g/mol. The Morgan fingerprint density at radius 3 is 2.75 bits per heavy atom. The highest BCUT2D eigenvalue weighted by molar-refractivity contribution is 5.85. The Hall–Kier alpha value is -3.06. The number of hydrogen-bond acceptors (Lipinski definition) is 3. The van der Waals surface area contributed by atoms with Gasteiger partial charge in [-0.25, -0.2) is 0 Å². The van der Waals surface area contributed by atoms with Gasteiger partial charge in [-0.2, -0.15) is 5.26 Å². The predicted molar refractivity (Wildman–Crippen MR) is 91.4 cm³/mol. The molecule has 1 amide bonds. The zero-order chi connectivity index (χ0) is 16.9. The maximum absolute atomic E-state index is 13.0. The van der Waals surface area contributed by atoms with E-state index >= 15 is 0 Å². The Balaban J connectivity index is 1.79. The number of benzene rings is 2. The number of para-hydroxylation sites is 1. The molecule has 0 radical (unpaired) electrons. The molecule has 1 aliphatic rings. The Kier molecular flexibility index (Phi) is 4.62. The van der Waals surface area contributed by atoms with Crippen molar-refractivity contribution in [3.63, 3.8) is 0 Å². The van der Waals surface area contributed by atoms with E-state index in [0.717, 1.165) is 16.9 Å². The molecule has 0 saturated carbocycles. The van der Waals surface area contributed by atoms with Crippen molar-refractivity contribution in [1.82, 2.24) is 4.90 Å². The van der Waals surface area contributed by atoms with Crippen LogP contribution in [0.5, 0.6) is 5.75 Å². The quantitative estimate of drug-likeness (QED) is 0.795. The van der Waals surface area contributed by atoms with Gasteiger partial charge in [0.15, 0.2) is 0 Å². The highest BCUT2D eigenvalue weighted by Gasteiger charge is 2.32. The smallest absolute Gasteiger partial charge is 0.234 e. The first-order valence-corrected chi connectivity index (χ1v) is 7.83. The van der Waals surface area contributed by atoms with Gasteiger partial charge in [0.25, 0.3) is 0 Å². The van der Waals surface area contributed by atoms with E-state index in [1.165, 1.54) is 0 Å². The van der Waals surface area contributed by atoms with Crippen LogP contribution in [-0.2, 0) is 11.3 Å². The van der Waals surface area contributed by atoms with E-state index in [1.54, 1.807) is 23.1 Å². The first-order chi connectivity index (χ1) is 11.7. The SMILES string of the molecule is C=CCN(Cc1ccc(C#N)cc1)C(=O)[C@H]1COc2ccccc21. The Labute approximate surface area is 141 Å². The molecule has 2 aromatic carbocycles. The van der Waals surface area contributed by atoms with Crippen molar-refractivity contribution in [2.75, 3.05) is 13.2 Å². The van der Waals surface area contributed by atoms with E-state index in [-0.39, 0.29) is 11.8 Å². The Morgan fingerprint density at radius 2 is 2.04 bits per heavy atom. The van der Waals surface area contributed by atoms with Crippen molar-refractivity contribution in [1.29, 1.82) is 5.26 Å². The summed E-state index contributed by atoms with van der Waals surface area (Å²) in [5.41, 5.74) is 2.53. The average Bonchev–Trinajstić information content (AvgIpc) is 3.05. The van der Waals surface area contributed by atoms with Crippen LogP contribution in [0.3, 0.4) is 0 Å². The van der Waals surface area contributed by atoms with Gasteiger partial charge in [0, 0.05) is 18.7 Å². The molecule has 1 aliphatic heterocycles. The summed E-state index contributed by atoms with van der Waals surface area (Å²) in [6, 6.07) is 17.0. The number of fused-ring (bicyclic) bond motifs is 1. The summed E-state index contributed by atoms with van der Waals surface area (Å²) in [6.45, 7) is 5.08. The fraction of sp³-hybridized carbons (Fsp3) is 0.200. The largest absolute Gasteiger partial charge is 0.492 e. The number of hydrogen-bond donors (Lipinski definition) is 0. The summed E-state index contributed by atoms with van der Waals surface area (Å²) < 4.78 is 5.63. The van der Waals surface area contributed by atoms with Crippen molar-refractivity contribution in [3.8, 4) is 11.8 Å². The van der Waals surface area contributed by atoms with Crippen LogP contribution in [0.1, 0.15) is 22.6 Å². The van der Waals surface area contributed by atoms with Gasteiger partial charge in [-0.15, -0.1) is 6.58 Å². The van der Waals surface area contributed by atoms with Crippen molar-refractivity contribution >= 4 is 5.91 Å². The zero-order valence-corrected chi connectivity index (χ0v) is 13.3. The maximum atomic E-state index is 13.0. The summed E-state index contributed by atoms with van der Waals surface area (Å²) in [7, 11) is 0. The van der Waals surface area contributed by atoms with Crippen LogP contribution in [-0.4, -0.2) is 24.0 Å². The summed E-state index contributed by atoms with van der Waals surface area (Å²) >= 11 is 0. The van der Waals surface area contributed by atoms with Gasteiger partial charge in [0.05, 0.1) is 11.6 Å². The van der Waals surface area contributed by atoms with Crippen LogP contribution in [0.2, 0.25) is 0 Å². The molecule has 4 nitrogen and oxygen atoms in total. The van der Waals surface area contributed by atoms with E-state index in [2.05, 4.69) is 12.6 Å². The normalized spacial score (nSPS) is 15.0. The summed E-state index contributed by atoms with van der Waals surface area (Å²) in [5, 5.41) is 8.88. The molecule has 120 valence electrons. The van der Waals surface area contributed by atoms with Crippen molar-refractivity contribution in [3.05, 3.63) is 77.9 Å².